The van der Waals surface area contributed by atoms with Crippen molar-refractivity contribution in [2.45, 2.75) is 51.4 Å². The Hall–Kier alpha value is -0.480. The first-order chi connectivity index (χ1) is 8.04. The SMILES string of the molecule is Cc1ccc(C(C)NC2=NC(C)CC(C)S2)s1. The summed E-state index contributed by atoms with van der Waals surface area (Å²) in [5.41, 5.74) is 0. The smallest absolute Gasteiger partial charge is 0.157 e. The lowest BCUT2D eigenvalue weighted by molar-refractivity contribution is 0.645. The molecule has 0 saturated heterocycles. The molecule has 17 heavy (non-hydrogen) atoms. The lowest BCUT2D eigenvalue weighted by Gasteiger charge is -2.25. The van der Waals surface area contributed by atoms with Crippen LogP contribution in [0.2, 0.25) is 0 Å². The van der Waals surface area contributed by atoms with E-state index in [2.05, 4.69) is 50.1 Å². The van der Waals surface area contributed by atoms with E-state index in [1.807, 2.05) is 23.1 Å². The molecule has 0 fully saturated rings. The minimum atomic E-state index is 0.359. The van der Waals surface area contributed by atoms with Gasteiger partial charge in [-0.1, -0.05) is 18.7 Å². The van der Waals surface area contributed by atoms with E-state index in [4.69, 9.17) is 0 Å². The van der Waals surface area contributed by atoms with Crippen LogP contribution in [0.1, 0.15) is 43.0 Å². The molecule has 1 N–H and O–H groups in total. The molecule has 1 aromatic rings. The normalized spacial score (nSPS) is 26.5. The number of amidine groups is 1. The molecular weight excluding hydrogens is 248 g/mol. The minimum absolute atomic E-state index is 0.359. The summed E-state index contributed by atoms with van der Waals surface area (Å²) in [6.45, 7) is 8.82. The second-order valence-electron chi connectivity index (χ2n) is 4.76. The van der Waals surface area contributed by atoms with Crippen LogP contribution in [0.25, 0.3) is 0 Å². The summed E-state index contributed by atoms with van der Waals surface area (Å²) in [7, 11) is 0. The molecule has 2 rings (SSSR count). The molecule has 0 saturated carbocycles. The zero-order chi connectivity index (χ0) is 12.4. The molecule has 1 aliphatic rings. The van der Waals surface area contributed by atoms with Gasteiger partial charge in [-0.2, -0.15) is 0 Å². The summed E-state index contributed by atoms with van der Waals surface area (Å²) >= 11 is 3.72. The third-order valence-corrected chi connectivity index (χ3v) is 5.08. The number of nitrogens with one attached hydrogen (secondary N) is 1. The number of thioether (sulfide) groups is 1. The molecule has 3 atom stereocenters. The number of hydrogen-bond acceptors (Lipinski definition) is 4. The average Bonchev–Trinajstić information content (AvgIpc) is 2.63. The second-order valence-corrected chi connectivity index (χ2v) is 7.51. The number of rotatable bonds is 2. The van der Waals surface area contributed by atoms with Gasteiger partial charge in [0.1, 0.15) is 0 Å². The molecule has 3 unspecified atom stereocenters. The minimum Gasteiger partial charge on any atom is -0.358 e. The second kappa shape index (κ2) is 5.44. The van der Waals surface area contributed by atoms with E-state index in [0.29, 0.717) is 17.3 Å². The first kappa shape index (κ1) is 13.0. The van der Waals surface area contributed by atoms with Crippen LogP contribution in [0.5, 0.6) is 0 Å². The molecular formula is C13H20N2S2. The number of nitrogens with zero attached hydrogens (tertiary/aromatic N) is 1. The lowest BCUT2D eigenvalue weighted by Crippen LogP contribution is -2.30. The van der Waals surface area contributed by atoms with E-state index in [1.165, 1.54) is 16.2 Å². The summed E-state index contributed by atoms with van der Waals surface area (Å²) < 4.78 is 0. The van der Waals surface area contributed by atoms with Crippen molar-refractivity contribution in [3.8, 4) is 0 Å². The van der Waals surface area contributed by atoms with Crippen molar-refractivity contribution in [2.24, 2.45) is 4.99 Å². The fourth-order valence-electron chi connectivity index (χ4n) is 2.02. The molecule has 0 amide bonds. The first-order valence-electron chi connectivity index (χ1n) is 6.12. The van der Waals surface area contributed by atoms with Gasteiger partial charge in [0.15, 0.2) is 5.17 Å². The van der Waals surface area contributed by atoms with Crippen molar-refractivity contribution in [1.29, 1.82) is 0 Å². The van der Waals surface area contributed by atoms with Crippen LogP contribution < -0.4 is 5.32 Å². The molecule has 0 aliphatic carbocycles. The highest BCUT2D eigenvalue weighted by Gasteiger charge is 2.20. The Kier molecular flexibility index (Phi) is 4.15. The molecule has 94 valence electrons. The largest absolute Gasteiger partial charge is 0.358 e. The molecule has 0 aromatic carbocycles. The highest BCUT2D eigenvalue weighted by molar-refractivity contribution is 8.14. The molecule has 0 radical (unpaired) electrons. The maximum atomic E-state index is 4.68. The fraction of sp³-hybridized carbons (Fsp3) is 0.615. The Morgan fingerprint density at radius 3 is 2.76 bits per heavy atom. The first-order valence-corrected chi connectivity index (χ1v) is 7.81. The van der Waals surface area contributed by atoms with Crippen molar-refractivity contribution in [3.05, 3.63) is 21.9 Å². The molecule has 4 heteroatoms. The molecule has 0 spiro atoms. The molecule has 1 aliphatic heterocycles. The number of thiophene rings is 1. The highest BCUT2D eigenvalue weighted by Crippen LogP contribution is 2.27. The summed E-state index contributed by atoms with van der Waals surface area (Å²) in [6.07, 6.45) is 1.18. The molecule has 2 heterocycles. The van der Waals surface area contributed by atoms with Crippen molar-refractivity contribution in [2.75, 3.05) is 0 Å². The number of aryl methyl sites for hydroxylation is 1. The molecule has 1 aromatic heterocycles. The van der Waals surface area contributed by atoms with E-state index in [0.717, 1.165) is 5.17 Å². The van der Waals surface area contributed by atoms with Crippen LogP contribution in [-0.2, 0) is 0 Å². The Morgan fingerprint density at radius 1 is 1.41 bits per heavy atom. The summed E-state index contributed by atoms with van der Waals surface area (Å²) in [6, 6.07) is 5.20. The fourth-order valence-corrected chi connectivity index (χ4v) is 4.14. The van der Waals surface area contributed by atoms with Crippen LogP contribution in [-0.4, -0.2) is 16.5 Å². The predicted molar refractivity (Wildman–Crippen MR) is 79.2 cm³/mol. The standard InChI is InChI=1S/C13H20N2S2/c1-8-7-10(3)17-13(14-8)15-11(4)12-6-5-9(2)16-12/h5-6,8,10-11H,7H2,1-4H3,(H,14,15). The van der Waals surface area contributed by atoms with Crippen LogP contribution in [0.4, 0.5) is 0 Å². The van der Waals surface area contributed by atoms with Gasteiger partial charge in [-0.15, -0.1) is 11.3 Å². The quantitative estimate of drug-likeness (QED) is 0.877. The maximum Gasteiger partial charge on any atom is 0.157 e. The van der Waals surface area contributed by atoms with Gasteiger partial charge in [0.25, 0.3) is 0 Å². The van der Waals surface area contributed by atoms with E-state index in [9.17, 15) is 0 Å². The average molecular weight is 268 g/mol. The third-order valence-electron chi connectivity index (χ3n) is 2.85. The van der Waals surface area contributed by atoms with Crippen LogP contribution in [0.15, 0.2) is 17.1 Å². The van der Waals surface area contributed by atoms with E-state index in [-0.39, 0.29) is 0 Å². The number of hydrogen-bond donors (Lipinski definition) is 1. The van der Waals surface area contributed by atoms with Crippen molar-refractivity contribution in [3.63, 3.8) is 0 Å². The Morgan fingerprint density at radius 2 is 2.18 bits per heavy atom. The maximum absolute atomic E-state index is 4.68. The van der Waals surface area contributed by atoms with Gasteiger partial charge in [-0.25, -0.2) is 0 Å². The zero-order valence-corrected chi connectivity index (χ0v) is 12.5. The van der Waals surface area contributed by atoms with Gasteiger partial charge in [0.2, 0.25) is 0 Å². The monoisotopic (exact) mass is 268 g/mol. The summed E-state index contributed by atoms with van der Waals surface area (Å²) in [5, 5.41) is 5.31. The van der Waals surface area contributed by atoms with Gasteiger partial charge in [0.05, 0.1) is 12.1 Å². The number of aliphatic imine (C=N–C) groups is 1. The van der Waals surface area contributed by atoms with Gasteiger partial charge in [0, 0.05) is 15.0 Å². The molecule has 0 bridgehead atoms. The van der Waals surface area contributed by atoms with Gasteiger partial charge in [-0.05, 0) is 39.3 Å². The Bertz CT molecular complexity index is 411. The van der Waals surface area contributed by atoms with Gasteiger partial charge in [-0.3, -0.25) is 4.99 Å². The Labute approximate surface area is 112 Å². The van der Waals surface area contributed by atoms with Gasteiger partial charge >= 0.3 is 0 Å². The third kappa shape index (κ3) is 3.49. The zero-order valence-electron chi connectivity index (χ0n) is 10.9. The lowest BCUT2D eigenvalue weighted by atomic mass is 10.2. The highest BCUT2D eigenvalue weighted by atomic mass is 32.2. The topological polar surface area (TPSA) is 24.4 Å². The summed E-state index contributed by atoms with van der Waals surface area (Å²) in [5.74, 6) is 0. The van der Waals surface area contributed by atoms with E-state index in [1.54, 1.807) is 0 Å². The Balaban J connectivity index is 2.01. The van der Waals surface area contributed by atoms with Crippen LogP contribution in [0, 0.1) is 6.92 Å². The van der Waals surface area contributed by atoms with Crippen LogP contribution >= 0.6 is 23.1 Å². The molecule has 2 nitrogen and oxygen atoms in total. The van der Waals surface area contributed by atoms with Crippen molar-refractivity contribution < 1.29 is 0 Å². The van der Waals surface area contributed by atoms with E-state index < -0.39 is 0 Å². The van der Waals surface area contributed by atoms with Crippen molar-refractivity contribution >= 4 is 28.3 Å². The van der Waals surface area contributed by atoms with Crippen molar-refractivity contribution in [1.82, 2.24) is 5.32 Å². The summed E-state index contributed by atoms with van der Waals surface area (Å²) in [4.78, 5) is 7.43. The van der Waals surface area contributed by atoms with E-state index >= 15 is 0 Å². The predicted octanol–water partition coefficient (Wildman–Crippen LogP) is 3.98. The van der Waals surface area contributed by atoms with Gasteiger partial charge < -0.3 is 5.32 Å². The van der Waals surface area contributed by atoms with Crippen LogP contribution in [0.3, 0.4) is 0 Å².